The van der Waals surface area contributed by atoms with Crippen molar-refractivity contribution in [3.63, 3.8) is 0 Å². The number of aromatic nitrogens is 3. The van der Waals surface area contributed by atoms with Gasteiger partial charge in [-0.2, -0.15) is 0 Å². The predicted octanol–water partition coefficient (Wildman–Crippen LogP) is 1.35. The Bertz CT molecular complexity index is 302. The minimum atomic E-state index is -0.0171. The Balaban J connectivity index is 2.02. The van der Waals surface area contributed by atoms with Gasteiger partial charge in [0.1, 0.15) is 5.69 Å². The highest BCUT2D eigenvalue weighted by Gasteiger charge is 2.29. The van der Waals surface area contributed by atoms with Crippen LogP contribution in [0, 0.1) is 5.41 Å². The Morgan fingerprint density at radius 1 is 1.50 bits per heavy atom. The van der Waals surface area contributed by atoms with Crippen LogP contribution in [0.4, 0.5) is 0 Å². The summed E-state index contributed by atoms with van der Waals surface area (Å²) in [4.78, 5) is 0. The first-order valence-corrected chi connectivity index (χ1v) is 5.22. The molecule has 0 aromatic carbocycles. The minimum Gasteiger partial charge on any atom is -0.390 e. The lowest BCUT2D eigenvalue weighted by Gasteiger charge is -2.22. The number of rotatable bonds is 3. The molecule has 4 heteroatoms. The fourth-order valence-electron chi connectivity index (χ4n) is 2.27. The van der Waals surface area contributed by atoms with Gasteiger partial charge in [0.05, 0.1) is 12.8 Å². The fourth-order valence-corrected chi connectivity index (χ4v) is 2.27. The lowest BCUT2D eigenvalue weighted by molar-refractivity contribution is 0.265. The van der Waals surface area contributed by atoms with Crippen molar-refractivity contribution >= 4 is 0 Å². The zero-order valence-electron chi connectivity index (χ0n) is 8.61. The molecular weight excluding hydrogens is 178 g/mol. The molecule has 0 aliphatic heterocycles. The van der Waals surface area contributed by atoms with Crippen LogP contribution in [0.1, 0.15) is 38.3 Å². The Morgan fingerprint density at radius 2 is 2.21 bits per heavy atom. The average Bonchev–Trinajstić information content (AvgIpc) is 2.75. The molecule has 0 bridgehead atoms. The molecule has 1 aliphatic carbocycles. The van der Waals surface area contributed by atoms with Gasteiger partial charge in [0.25, 0.3) is 0 Å². The number of hydrogen-bond donors (Lipinski definition) is 1. The second-order valence-electron chi connectivity index (χ2n) is 4.58. The molecule has 1 saturated carbocycles. The first-order chi connectivity index (χ1) is 6.72. The standard InChI is InChI=1S/C10H17N3O/c1-10(4-2-3-5-10)8-13-6-9(7-14)11-12-13/h6,14H,2-5,7-8H2,1H3. The molecule has 1 aromatic heterocycles. The third-order valence-corrected chi connectivity index (χ3v) is 3.10. The van der Waals surface area contributed by atoms with Crippen LogP contribution in [0.2, 0.25) is 0 Å². The molecule has 78 valence electrons. The highest BCUT2D eigenvalue weighted by atomic mass is 16.3. The Hall–Kier alpha value is -0.900. The zero-order valence-corrected chi connectivity index (χ0v) is 8.61. The molecule has 1 heterocycles. The van der Waals surface area contributed by atoms with Gasteiger partial charge in [-0.05, 0) is 18.3 Å². The molecule has 1 aromatic rings. The summed E-state index contributed by atoms with van der Waals surface area (Å²) in [6.07, 6.45) is 7.06. The Kier molecular flexibility index (Phi) is 2.54. The summed E-state index contributed by atoms with van der Waals surface area (Å²) in [7, 11) is 0. The quantitative estimate of drug-likeness (QED) is 0.792. The van der Waals surface area contributed by atoms with Crippen LogP contribution in [-0.2, 0) is 13.2 Å². The third-order valence-electron chi connectivity index (χ3n) is 3.10. The third kappa shape index (κ3) is 1.95. The van der Waals surface area contributed by atoms with Crippen molar-refractivity contribution in [1.82, 2.24) is 15.0 Å². The number of hydrogen-bond acceptors (Lipinski definition) is 3. The Morgan fingerprint density at radius 3 is 2.79 bits per heavy atom. The second-order valence-corrected chi connectivity index (χ2v) is 4.58. The first-order valence-electron chi connectivity index (χ1n) is 5.22. The number of aliphatic hydroxyl groups is 1. The predicted molar refractivity (Wildman–Crippen MR) is 52.5 cm³/mol. The lowest BCUT2D eigenvalue weighted by atomic mass is 9.89. The van der Waals surface area contributed by atoms with E-state index in [2.05, 4.69) is 17.2 Å². The molecule has 0 unspecified atom stereocenters. The van der Waals surface area contributed by atoms with Crippen molar-refractivity contribution in [1.29, 1.82) is 0 Å². The molecular formula is C10H17N3O. The maximum absolute atomic E-state index is 8.86. The highest BCUT2D eigenvalue weighted by Crippen LogP contribution is 2.38. The van der Waals surface area contributed by atoms with Crippen LogP contribution in [0.25, 0.3) is 0 Å². The molecule has 2 rings (SSSR count). The van der Waals surface area contributed by atoms with Gasteiger partial charge in [0, 0.05) is 6.54 Å². The molecule has 1 aliphatic rings. The SMILES string of the molecule is CC1(Cn2cc(CO)nn2)CCCC1. The number of nitrogens with zero attached hydrogens (tertiary/aromatic N) is 3. The van der Waals surface area contributed by atoms with Gasteiger partial charge in [0.2, 0.25) is 0 Å². The van der Waals surface area contributed by atoms with Gasteiger partial charge in [-0.3, -0.25) is 4.68 Å². The minimum absolute atomic E-state index is 0.0171. The first kappa shape index (κ1) is 9.65. The van der Waals surface area contributed by atoms with Gasteiger partial charge in [0.15, 0.2) is 0 Å². The molecule has 0 atom stereocenters. The monoisotopic (exact) mass is 195 g/mol. The van der Waals surface area contributed by atoms with Crippen molar-refractivity contribution in [2.75, 3.05) is 0 Å². The average molecular weight is 195 g/mol. The fraction of sp³-hybridized carbons (Fsp3) is 0.800. The summed E-state index contributed by atoms with van der Waals surface area (Å²) in [5.74, 6) is 0. The van der Waals surface area contributed by atoms with Crippen molar-refractivity contribution in [2.24, 2.45) is 5.41 Å². The lowest BCUT2D eigenvalue weighted by Crippen LogP contribution is -2.19. The van der Waals surface area contributed by atoms with Crippen molar-refractivity contribution in [2.45, 2.75) is 45.8 Å². The van der Waals surface area contributed by atoms with E-state index in [1.807, 2.05) is 10.9 Å². The summed E-state index contributed by atoms with van der Waals surface area (Å²) >= 11 is 0. The van der Waals surface area contributed by atoms with E-state index in [-0.39, 0.29) is 6.61 Å². The van der Waals surface area contributed by atoms with E-state index in [1.54, 1.807) is 0 Å². The van der Waals surface area contributed by atoms with E-state index >= 15 is 0 Å². The van der Waals surface area contributed by atoms with E-state index in [0.29, 0.717) is 11.1 Å². The highest BCUT2D eigenvalue weighted by molar-refractivity contribution is 4.90. The normalized spacial score (nSPS) is 20.1. The van der Waals surface area contributed by atoms with Gasteiger partial charge in [-0.1, -0.05) is 25.0 Å². The zero-order chi connectivity index (χ0) is 10.0. The summed E-state index contributed by atoms with van der Waals surface area (Å²) in [6.45, 7) is 3.22. The van der Waals surface area contributed by atoms with E-state index < -0.39 is 0 Å². The van der Waals surface area contributed by atoms with Gasteiger partial charge in [-0.15, -0.1) is 5.10 Å². The van der Waals surface area contributed by atoms with E-state index in [0.717, 1.165) is 6.54 Å². The largest absolute Gasteiger partial charge is 0.390 e. The van der Waals surface area contributed by atoms with Crippen molar-refractivity contribution in [3.05, 3.63) is 11.9 Å². The molecule has 4 nitrogen and oxygen atoms in total. The molecule has 14 heavy (non-hydrogen) atoms. The molecule has 0 radical (unpaired) electrons. The summed E-state index contributed by atoms with van der Waals surface area (Å²) in [5.41, 5.74) is 1.05. The molecule has 0 spiro atoms. The van der Waals surface area contributed by atoms with Crippen LogP contribution < -0.4 is 0 Å². The molecule has 1 N–H and O–H groups in total. The van der Waals surface area contributed by atoms with Crippen LogP contribution in [0.5, 0.6) is 0 Å². The van der Waals surface area contributed by atoms with Gasteiger partial charge >= 0.3 is 0 Å². The number of aliphatic hydroxyl groups excluding tert-OH is 1. The van der Waals surface area contributed by atoms with Crippen molar-refractivity contribution in [3.8, 4) is 0 Å². The van der Waals surface area contributed by atoms with Crippen LogP contribution in [0.3, 0.4) is 0 Å². The van der Waals surface area contributed by atoms with E-state index in [4.69, 9.17) is 5.11 Å². The maximum atomic E-state index is 8.86. The molecule has 0 amide bonds. The second kappa shape index (κ2) is 3.69. The summed E-state index contributed by atoms with van der Waals surface area (Å²) < 4.78 is 1.86. The van der Waals surface area contributed by atoms with E-state index in [9.17, 15) is 0 Å². The molecule has 1 fully saturated rings. The van der Waals surface area contributed by atoms with Crippen LogP contribution in [-0.4, -0.2) is 20.1 Å². The van der Waals surface area contributed by atoms with Gasteiger partial charge < -0.3 is 5.11 Å². The van der Waals surface area contributed by atoms with Crippen LogP contribution in [0.15, 0.2) is 6.20 Å². The summed E-state index contributed by atoms with van der Waals surface area (Å²) in [5, 5.41) is 16.7. The van der Waals surface area contributed by atoms with E-state index in [1.165, 1.54) is 25.7 Å². The molecule has 0 saturated heterocycles. The smallest absolute Gasteiger partial charge is 0.108 e. The van der Waals surface area contributed by atoms with Crippen molar-refractivity contribution < 1.29 is 5.11 Å². The van der Waals surface area contributed by atoms with Crippen LogP contribution >= 0.6 is 0 Å². The topological polar surface area (TPSA) is 50.9 Å². The summed E-state index contributed by atoms with van der Waals surface area (Å²) in [6, 6.07) is 0. The van der Waals surface area contributed by atoms with Gasteiger partial charge in [-0.25, -0.2) is 0 Å². The maximum Gasteiger partial charge on any atom is 0.108 e. The Labute approximate surface area is 83.9 Å².